The third kappa shape index (κ3) is 2.08. The van der Waals surface area contributed by atoms with Crippen molar-refractivity contribution in [1.82, 2.24) is 10.3 Å². The molecule has 86 valence electrons. The zero-order valence-electron chi connectivity index (χ0n) is 9.67. The molecule has 1 aromatic carbocycles. The molecule has 0 amide bonds. The molecule has 1 N–H and O–H groups in total. The van der Waals surface area contributed by atoms with Crippen LogP contribution in [-0.2, 0) is 5.54 Å². The highest BCUT2D eigenvalue weighted by molar-refractivity contribution is 7.18. The summed E-state index contributed by atoms with van der Waals surface area (Å²) in [6.45, 7) is 7.13. The van der Waals surface area contributed by atoms with Gasteiger partial charge in [0.25, 0.3) is 0 Å². The lowest BCUT2D eigenvalue weighted by Crippen LogP contribution is -2.36. The molecule has 0 aliphatic heterocycles. The molecular weight excluding hydrogens is 223 g/mol. The molecule has 16 heavy (non-hydrogen) atoms. The van der Waals surface area contributed by atoms with Gasteiger partial charge in [-0.2, -0.15) is 0 Å². The molecule has 1 aromatic heterocycles. The highest BCUT2D eigenvalue weighted by Gasteiger charge is 2.23. The zero-order chi connectivity index (χ0) is 11.8. The summed E-state index contributed by atoms with van der Waals surface area (Å²) in [6.07, 6.45) is 0. The molecular formula is C12H15FN2S. The smallest absolute Gasteiger partial charge is 0.124 e. The summed E-state index contributed by atoms with van der Waals surface area (Å²) in [5.41, 5.74) is 0.710. The normalized spacial score (nSPS) is 12.2. The molecule has 0 saturated heterocycles. The maximum Gasteiger partial charge on any atom is 0.124 e. The van der Waals surface area contributed by atoms with Crippen molar-refractivity contribution in [2.75, 3.05) is 6.54 Å². The Balaban J connectivity index is 2.46. The van der Waals surface area contributed by atoms with E-state index < -0.39 is 0 Å². The Hall–Kier alpha value is -1.000. The minimum atomic E-state index is -0.205. The number of nitrogens with one attached hydrogen (secondary N) is 1. The third-order valence-corrected chi connectivity index (χ3v) is 3.85. The maximum absolute atomic E-state index is 13.1. The van der Waals surface area contributed by atoms with Gasteiger partial charge in [-0.25, -0.2) is 9.37 Å². The number of thiazole rings is 1. The van der Waals surface area contributed by atoms with Crippen LogP contribution in [0.15, 0.2) is 18.2 Å². The van der Waals surface area contributed by atoms with E-state index in [-0.39, 0.29) is 11.4 Å². The van der Waals surface area contributed by atoms with E-state index in [1.165, 1.54) is 6.07 Å². The van der Waals surface area contributed by atoms with E-state index in [9.17, 15) is 4.39 Å². The van der Waals surface area contributed by atoms with Gasteiger partial charge in [0.05, 0.1) is 15.8 Å². The van der Waals surface area contributed by atoms with Gasteiger partial charge in [0.1, 0.15) is 10.8 Å². The standard InChI is InChI=1S/C12H15FN2S/c1-4-14-12(2,3)11-15-9-6-5-8(13)7-10(9)16-11/h5-7,14H,4H2,1-3H3. The van der Waals surface area contributed by atoms with E-state index in [2.05, 4.69) is 31.1 Å². The number of fused-ring (bicyclic) bond motifs is 1. The third-order valence-electron chi connectivity index (χ3n) is 2.50. The fraction of sp³-hybridized carbons (Fsp3) is 0.417. The zero-order valence-corrected chi connectivity index (χ0v) is 10.5. The molecule has 2 aromatic rings. The number of hydrogen-bond donors (Lipinski definition) is 1. The fourth-order valence-electron chi connectivity index (χ4n) is 1.68. The van der Waals surface area contributed by atoms with E-state index in [0.29, 0.717) is 0 Å². The van der Waals surface area contributed by atoms with Gasteiger partial charge in [0.15, 0.2) is 0 Å². The summed E-state index contributed by atoms with van der Waals surface area (Å²) in [5, 5.41) is 4.36. The Morgan fingerprint density at radius 1 is 1.44 bits per heavy atom. The molecule has 0 unspecified atom stereocenters. The Labute approximate surface area is 98.5 Å². The van der Waals surface area contributed by atoms with Crippen LogP contribution in [0.4, 0.5) is 4.39 Å². The van der Waals surface area contributed by atoms with Crippen molar-refractivity contribution in [2.24, 2.45) is 0 Å². The SMILES string of the molecule is CCNC(C)(C)c1nc2ccc(F)cc2s1. The summed E-state index contributed by atoms with van der Waals surface area (Å²) in [5.74, 6) is -0.205. The van der Waals surface area contributed by atoms with Crippen LogP contribution in [0, 0.1) is 5.82 Å². The van der Waals surface area contributed by atoms with Crippen molar-refractivity contribution in [2.45, 2.75) is 26.3 Å². The molecule has 0 aliphatic rings. The summed E-state index contributed by atoms with van der Waals surface area (Å²) in [6, 6.07) is 4.72. The van der Waals surface area contributed by atoms with E-state index in [1.807, 2.05) is 0 Å². The van der Waals surface area contributed by atoms with Gasteiger partial charge in [-0.3, -0.25) is 0 Å². The molecule has 0 spiro atoms. The van der Waals surface area contributed by atoms with Crippen LogP contribution in [0.1, 0.15) is 25.8 Å². The Morgan fingerprint density at radius 2 is 2.19 bits per heavy atom. The van der Waals surface area contributed by atoms with E-state index in [1.54, 1.807) is 23.5 Å². The number of hydrogen-bond acceptors (Lipinski definition) is 3. The van der Waals surface area contributed by atoms with Crippen molar-refractivity contribution in [3.63, 3.8) is 0 Å². The van der Waals surface area contributed by atoms with Crippen LogP contribution in [0.3, 0.4) is 0 Å². The minimum absolute atomic E-state index is 0.158. The van der Waals surface area contributed by atoms with Gasteiger partial charge in [-0.05, 0) is 38.6 Å². The van der Waals surface area contributed by atoms with Gasteiger partial charge >= 0.3 is 0 Å². The van der Waals surface area contributed by atoms with Gasteiger partial charge < -0.3 is 5.32 Å². The van der Waals surface area contributed by atoms with Crippen LogP contribution in [0.25, 0.3) is 10.2 Å². The van der Waals surface area contributed by atoms with Crippen LogP contribution < -0.4 is 5.32 Å². The molecule has 2 rings (SSSR count). The first-order valence-corrected chi connectivity index (χ1v) is 6.16. The number of rotatable bonds is 3. The van der Waals surface area contributed by atoms with Gasteiger partial charge in [0, 0.05) is 0 Å². The van der Waals surface area contributed by atoms with Crippen molar-refractivity contribution in [1.29, 1.82) is 0 Å². The monoisotopic (exact) mass is 238 g/mol. The van der Waals surface area contributed by atoms with E-state index in [4.69, 9.17) is 0 Å². The fourth-order valence-corrected chi connectivity index (χ4v) is 2.75. The Bertz CT molecular complexity index is 505. The lowest BCUT2D eigenvalue weighted by molar-refractivity contribution is 0.414. The highest BCUT2D eigenvalue weighted by Crippen LogP contribution is 2.30. The van der Waals surface area contributed by atoms with Gasteiger partial charge in [-0.1, -0.05) is 6.92 Å². The molecule has 2 nitrogen and oxygen atoms in total. The van der Waals surface area contributed by atoms with Crippen molar-refractivity contribution in [3.8, 4) is 0 Å². The number of halogens is 1. The lowest BCUT2D eigenvalue weighted by Gasteiger charge is -2.22. The first-order chi connectivity index (χ1) is 7.53. The number of aromatic nitrogens is 1. The van der Waals surface area contributed by atoms with Gasteiger partial charge in [0.2, 0.25) is 0 Å². The van der Waals surface area contributed by atoms with E-state index >= 15 is 0 Å². The summed E-state index contributed by atoms with van der Waals surface area (Å²) in [7, 11) is 0. The summed E-state index contributed by atoms with van der Waals surface area (Å²) < 4.78 is 14.0. The minimum Gasteiger partial charge on any atom is -0.306 e. The number of benzene rings is 1. The average molecular weight is 238 g/mol. The predicted octanol–water partition coefficient (Wildman–Crippen LogP) is 3.28. The van der Waals surface area contributed by atoms with Crippen LogP contribution in [0.5, 0.6) is 0 Å². The Kier molecular flexibility index (Phi) is 2.95. The number of nitrogens with zero attached hydrogens (tertiary/aromatic N) is 1. The topological polar surface area (TPSA) is 24.9 Å². The second kappa shape index (κ2) is 4.11. The maximum atomic E-state index is 13.1. The largest absolute Gasteiger partial charge is 0.306 e. The molecule has 0 fully saturated rings. The second-order valence-electron chi connectivity index (χ2n) is 4.29. The Morgan fingerprint density at radius 3 is 2.88 bits per heavy atom. The highest BCUT2D eigenvalue weighted by atomic mass is 32.1. The molecule has 0 saturated carbocycles. The lowest BCUT2D eigenvalue weighted by atomic mass is 10.1. The van der Waals surface area contributed by atoms with Gasteiger partial charge in [-0.15, -0.1) is 11.3 Å². The molecule has 0 atom stereocenters. The summed E-state index contributed by atoms with van der Waals surface area (Å²) in [4.78, 5) is 4.53. The molecule has 1 heterocycles. The first-order valence-electron chi connectivity index (χ1n) is 5.34. The van der Waals surface area contributed by atoms with Crippen LogP contribution in [0.2, 0.25) is 0 Å². The van der Waals surface area contributed by atoms with Crippen molar-refractivity contribution in [3.05, 3.63) is 29.0 Å². The van der Waals surface area contributed by atoms with Crippen LogP contribution in [-0.4, -0.2) is 11.5 Å². The quantitative estimate of drug-likeness (QED) is 0.887. The molecule has 4 heteroatoms. The molecule has 0 radical (unpaired) electrons. The predicted molar refractivity (Wildman–Crippen MR) is 66.3 cm³/mol. The van der Waals surface area contributed by atoms with Crippen molar-refractivity contribution < 1.29 is 4.39 Å². The molecule has 0 bridgehead atoms. The van der Waals surface area contributed by atoms with E-state index in [0.717, 1.165) is 21.8 Å². The molecule has 0 aliphatic carbocycles. The van der Waals surface area contributed by atoms with Crippen molar-refractivity contribution >= 4 is 21.6 Å². The average Bonchev–Trinajstić information content (AvgIpc) is 2.61. The van der Waals surface area contributed by atoms with Crippen LogP contribution >= 0.6 is 11.3 Å². The second-order valence-corrected chi connectivity index (χ2v) is 5.32. The first kappa shape index (κ1) is 11.5. The summed E-state index contributed by atoms with van der Waals surface area (Å²) >= 11 is 1.54.